The molecule has 2 aromatic rings. The van der Waals surface area contributed by atoms with E-state index in [0.717, 1.165) is 5.56 Å². The summed E-state index contributed by atoms with van der Waals surface area (Å²) in [6.45, 7) is -0.0578. The molecule has 2 rings (SSSR count). The van der Waals surface area contributed by atoms with Crippen LogP contribution in [-0.2, 0) is 6.61 Å². The van der Waals surface area contributed by atoms with Gasteiger partial charge in [-0.15, -0.1) is 0 Å². The molecule has 0 aliphatic rings. The minimum absolute atomic E-state index is 0.0578. The first-order valence-corrected chi connectivity index (χ1v) is 6.62. The number of aliphatic hydroxyl groups is 1. The molecule has 0 amide bonds. The molecule has 106 valence electrons. The van der Waals surface area contributed by atoms with E-state index in [1.54, 1.807) is 25.2 Å². The largest absolute Gasteiger partial charge is 0.493 e. The van der Waals surface area contributed by atoms with E-state index in [9.17, 15) is 0 Å². The van der Waals surface area contributed by atoms with E-state index in [-0.39, 0.29) is 6.61 Å². The zero-order valence-electron chi connectivity index (χ0n) is 11.1. The van der Waals surface area contributed by atoms with Gasteiger partial charge in [-0.25, -0.2) is 9.97 Å². The number of anilines is 1. The summed E-state index contributed by atoms with van der Waals surface area (Å²) in [4.78, 5) is 8.13. The molecule has 20 heavy (non-hydrogen) atoms. The zero-order valence-corrected chi connectivity index (χ0v) is 12.6. The third-order valence-corrected chi connectivity index (χ3v) is 3.33. The van der Waals surface area contributed by atoms with Crippen LogP contribution in [0.5, 0.6) is 17.4 Å². The fraction of sp³-hybridized carbons (Fsp3) is 0.231. The minimum Gasteiger partial charge on any atom is -0.493 e. The molecule has 0 fully saturated rings. The molecule has 1 heterocycles. The lowest BCUT2D eigenvalue weighted by atomic mass is 10.2. The highest BCUT2D eigenvalue weighted by Gasteiger charge is 2.13. The smallest absolute Gasteiger partial charge is 0.239 e. The average molecular weight is 340 g/mol. The Bertz CT molecular complexity index is 607. The lowest BCUT2D eigenvalue weighted by Crippen LogP contribution is -1.99. The highest BCUT2D eigenvalue weighted by Crippen LogP contribution is 2.36. The molecule has 1 aromatic heterocycles. The van der Waals surface area contributed by atoms with Crippen LogP contribution in [0.3, 0.4) is 0 Å². The molecule has 0 aliphatic carbocycles. The molecule has 0 saturated heterocycles. The number of nitrogens with one attached hydrogen (secondary N) is 1. The Morgan fingerprint density at radius 3 is 2.75 bits per heavy atom. The van der Waals surface area contributed by atoms with Gasteiger partial charge in [0.2, 0.25) is 5.88 Å². The van der Waals surface area contributed by atoms with Crippen molar-refractivity contribution < 1.29 is 14.6 Å². The third kappa shape index (κ3) is 3.00. The minimum atomic E-state index is -0.0578. The van der Waals surface area contributed by atoms with E-state index in [1.165, 1.54) is 13.4 Å². The van der Waals surface area contributed by atoms with Gasteiger partial charge in [-0.3, -0.25) is 0 Å². The van der Waals surface area contributed by atoms with Crippen molar-refractivity contribution in [2.24, 2.45) is 0 Å². The average Bonchev–Trinajstić information content (AvgIpc) is 2.49. The zero-order chi connectivity index (χ0) is 14.5. The van der Waals surface area contributed by atoms with Crippen LogP contribution in [0.15, 0.2) is 29.0 Å². The van der Waals surface area contributed by atoms with E-state index in [4.69, 9.17) is 14.6 Å². The molecule has 0 unspecified atom stereocenters. The van der Waals surface area contributed by atoms with Crippen LogP contribution in [0.2, 0.25) is 0 Å². The number of halogens is 1. The Balaban J connectivity index is 2.35. The van der Waals surface area contributed by atoms with Crippen molar-refractivity contribution in [2.75, 3.05) is 19.5 Å². The van der Waals surface area contributed by atoms with Gasteiger partial charge in [0.1, 0.15) is 16.6 Å². The second kappa shape index (κ2) is 6.53. The van der Waals surface area contributed by atoms with Crippen molar-refractivity contribution in [3.63, 3.8) is 0 Å². The van der Waals surface area contributed by atoms with Gasteiger partial charge in [0.25, 0.3) is 0 Å². The number of aromatic nitrogens is 2. The van der Waals surface area contributed by atoms with Gasteiger partial charge < -0.3 is 19.9 Å². The van der Waals surface area contributed by atoms with E-state index in [0.29, 0.717) is 27.7 Å². The number of hydrogen-bond donors (Lipinski definition) is 2. The van der Waals surface area contributed by atoms with E-state index in [2.05, 4.69) is 31.2 Å². The van der Waals surface area contributed by atoms with Gasteiger partial charge >= 0.3 is 0 Å². The van der Waals surface area contributed by atoms with Crippen LogP contribution in [0, 0.1) is 0 Å². The van der Waals surface area contributed by atoms with Crippen LogP contribution < -0.4 is 14.8 Å². The Labute approximate surface area is 124 Å². The molecule has 0 bridgehead atoms. The summed E-state index contributed by atoms with van der Waals surface area (Å²) in [6.07, 6.45) is 1.40. The molecule has 0 atom stereocenters. The number of nitrogens with zero attached hydrogens (tertiary/aromatic N) is 2. The van der Waals surface area contributed by atoms with Crippen LogP contribution in [0.4, 0.5) is 5.82 Å². The maximum Gasteiger partial charge on any atom is 0.239 e. The number of rotatable bonds is 5. The topological polar surface area (TPSA) is 76.5 Å². The highest BCUT2D eigenvalue weighted by molar-refractivity contribution is 9.10. The van der Waals surface area contributed by atoms with Crippen molar-refractivity contribution in [3.8, 4) is 17.4 Å². The first kappa shape index (κ1) is 14.5. The van der Waals surface area contributed by atoms with E-state index < -0.39 is 0 Å². The van der Waals surface area contributed by atoms with Gasteiger partial charge in [0, 0.05) is 7.05 Å². The van der Waals surface area contributed by atoms with Crippen molar-refractivity contribution >= 4 is 21.7 Å². The fourth-order valence-electron chi connectivity index (χ4n) is 1.60. The Morgan fingerprint density at radius 1 is 1.30 bits per heavy atom. The summed E-state index contributed by atoms with van der Waals surface area (Å²) in [7, 11) is 3.30. The van der Waals surface area contributed by atoms with Gasteiger partial charge in [0.05, 0.1) is 13.7 Å². The lowest BCUT2D eigenvalue weighted by molar-refractivity contribution is 0.280. The number of aliphatic hydroxyl groups excluding tert-OH is 1. The predicted octanol–water partition coefficient (Wildman–Crippen LogP) is 2.57. The summed E-state index contributed by atoms with van der Waals surface area (Å²) < 4.78 is 11.6. The van der Waals surface area contributed by atoms with Gasteiger partial charge in [-0.1, -0.05) is 6.07 Å². The Hall–Kier alpha value is -1.86. The summed E-state index contributed by atoms with van der Waals surface area (Å²) in [5, 5.41) is 12.0. The van der Waals surface area contributed by atoms with Crippen molar-refractivity contribution in [1.29, 1.82) is 0 Å². The first-order chi connectivity index (χ1) is 9.69. The molecule has 0 radical (unpaired) electrons. The fourth-order valence-corrected chi connectivity index (χ4v) is 2.08. The summed E-state index contributed by atoms with van der Waals surface area (Å²) >= 11 is 3.38. The Morgan fingerprint density at radius 2 is 2.10 bits per heavy atom. The first-order valence-electron chi connectivity index (χ1n) is 5.83. The second-order valence-corrected chi connectivity index (χ2v) is 4.63. The molecular weight excluding hydrogens is 326 g/mol. The van der Waals surface area contributed by atoms with Crippen LogP contribution in [-0.4, -0.2) is 29.2 Å². The maximum absolute atomic E-state index is 9.12. The normalized spacial score (nSPS) is 10.2. The summed E-state index contributed by atoms with van der Waals surface area (Å²) in [6, 6.07) is 5.19. The van der Waals surface area contributed by atoms with Crippen molar-refractivity contribution in [2.45, 2.75) is 6.61 Å². The maximum atomic E-state index is 9.12. The molecule has 6 nitrogen and oxygen atoms in total. The predicted molar refractivity (Wildman–Crippen MR) is 78.3 cm³/mol. The van der Waals surface area contributed by atoms with Crippen LogP contribution >= 0.6 is 15.9 Å². The molecule has 0 saturated carbocycles. The number of ether oxygens (including phenoxy) is 2. The second-order valence-electron chi connectivity index (χ2n) is 3.84. The molecule has 0 aliphatic heterocycles. The molecule has 1 aromatic carbocycles. The highest BCUT2D eigenvalue weighted by atomic mass is 79.9. The molecular formula is C13H14BrN3O3. The monoisotopic (exact) mass is 339 g/mol. The molecule has 0 spiro atoms. The number of benzene rings is 1. The lowest BCUT2D eigenvalue weighted by Gasteiger charge is -2.12. The van der Waals surface area contributed by atoms with E-state index in [1.807, 2.05) is 0 Å². The number of hydrogen-bond acceptors (Lipinski definition) is 6. The standard InChI is InChI=1S/C13H14BrN3O3/c1-15-12-11(14)13(17-7-16-12)20-9-4-3-8(6-18)5-10(9)19-2/h3-5,7,18H,6H2,1-2H3,(H,15,16,17). The summed E-state index contributed by atoms with van der Waals surface area (Å²) in [5.41, 5.74) is 0.742. The third-order valence-electron chi connectivity index (χ3n) is 2.61. The number of methoxy groups -OCH3 is 1. The molecule has 7 heteroatoms. The van der Waals surface area contributed by atoms with Gasteiger partial charge in [-0.2, -0.15) is 0 Å². The quantitative estimate of drug-likeness (QED) is 0.871. The Kier molecular flexibility index (Phi) is 4.75. The van der Waals surface area contributed by atoms with Crippen molar-refractivity contribution in [1.82, 2.24) is 9.97 Å². The van der Waals surface area contributed by atoms with Gasteiger partial charge in [0.15, 0.2) is 11.5 Å². The molecule has 2 N–H and O–H groups in total. The SMILES string of the molecule is CNc1ncnc(Oc2ccc(CO)cc2OC)c1Br. The summed E-state index contributed by atoms with van der Waals surface area (Å²) in [5.74, 6) is 2.03. The van der Waals surface area contributed by atoms with Gasteiger partial charge in [-0.05, 0) is 33.6 Å². The van der Waals surface area contributed by atoms with Crippen LogP contribution in [0.1, 0.15) is 5.56 Å². The van der Waals surface area contributed by atoms with Crippen LogP contribution in [0.25, 0.3) is 0 Å². The van der Waals surface area contributed by atoms with Crippen molar-refractivity contribution in [3.05, 3.63) is 34.6 Å². The van der Waals surface area contributed by atoms with E-state index >= 15 is 0 Å².